The van der Waals surface area contributed by atoms with Gasteiger partial charge in [-0.15, -0.1) is 0 Å². The highest BCUT2D eigenvalue weighted by molar-refractivity contribution is 5.22. The molecule has 0 saturated carbocycles. The van der Waals surface area contributed by atoms with Crippen LogP contribution in [0.25, 0.3) is 0 Å². The van der Waals surface area contributed by atoms with E-state index in [4.69, 9.17) is 9.84 Å². The maximum absolute atomic E-state index is 9.70. The molecule has 1 aromatic carbocycles. The monoisotopic (exact) mass is 236 g/mol. The maximum atomic E-state index is 9.70. The van der Waals surface area contributed by atoms with Crippen molar-refractivity contribution < 1.29 is 20.1 Å². The second-order valence-electron chi connectivity index (χ2n) is 4.10. The lowest BCUT2D eigenvalue weighted by atomic mass is 10.1. The van der Waals surface area contributed by atoms with Crippen LogP contribution in [0.4, 0.5) is 0 Å². The SMILES string of the molecule is OCC1=C[C@H](OCc2ccccc2)C(O)[C@H]1O. The second kappa shape index (κ2) is 5.42. The smallest absolute Gasteiger partial charge is 0.114 e. The van der Waals surface area contributed by atoms with Gasteiger partial charge < -0.3 is 20.1 Å². The number of rotatable bonds is 4. The highest BCUT2D eigenvalue weighted by Gasteiger charge is 2.34. The van der Waals surface area contributed by atoms with Gasteiger partial charge in [0, 0.05) is 0 Å². The molecule has 0 fully saturated rings. The number of hydrogen-bond acceptors (Lipinski definition) is 4. The minimum Gasteiger partial charge on any atom is -0.392 e. The lowest BCUT2D eigenvalue weighted by molar-refractivity contribution is -0.0519. The van der Waals surface area contributed by atoms with Gasteiger partial charge in [-0.3, -0.25) is 0 Å². The van der Waals surface area contributed by atoms with Gasteiger partial charge in [0.25, 0.3) is 0 Å². The van der Waals surface area contributed by atoms with Gasteiger partial charge in [-0.1, -0.05) is 30.3 Å². The number of aliphatic hydroxyl groups is 3. The van der Waals surface area contributed by atoms with E-state index in [-0.39, 0.29) is 6.61 Å². The first kappa shape index (κ1) is 12.3. The summed E-state index contributed by atoms with van der Waals surface area (Å²) in [6.07, 6.45) is -1.01. The van der Waals surface area contributed by atoms with E-state index in [0.29, 0.717) is 12.2 Å². The van der Waals surface area contributed by atoms with Crippen LogP contribution in [0.2, 0.25) is 0 Å². The average molecular weight is 236 g/mol. The molecule has 1 aliphatic carbocycles. The van der Waals surface area contributed by atoms with Gasteiger partial charge in [0.15, 0.2) is 0 Å². The number of hydrogen-bond donors (Lipinski definition) is 3. The van der Waals surface area contributed by atoms with Crippen molar-refractivity contribution in [3.63, 3.8) is 0 Å². The highest BCUT2D eigenvalue weighted by atomic mass is 16.5. The molecule has 0 spiro atoms. The summed E-state index contributed by atoms with van der Waals surface area (Å²) in [6.45, 7) is 0.105. The zero-order valence-corrected chi connectivity index (χ0v) is 9.36. The van der Waals surface area contributed by atoms with Crippen LogP contribution in [0, 0.1) is 0 Å². The van der Waals surface area contributed by atoms with Gasteiger partial charge in [0.2, 0.25) is 0 Å². The standard InChI is InChI=1S/C13H16O4/c14-7-10-6-11(13(16)12(10)15)17-8-9-4-2-1-3-5-9/h1-6,11-16H,7-8H2/t11-,12-,13?/m0/s1. The van der Waals surface area contributed by atoms with Gasteiger partial charge in [-0.05, 0) is 17.2 Å². The Balaban J connectivity index is 1.94. The predicted molar refractivity (Wildman–Crippen MR) is 62.2 cm³/mol. The van der Waals surface area contributed by atoms with E-state index in [2.05, 4.69) is 0 Å². The molecule has 0 bridgehead atoms. The zero-order chi connectivity index (χ0) is 12.3. The van der Waals surface area contributed by atoms with Crippen LogP contribution >= 0.6 is 0 Å². The summed E-state index contributed by atoms with van der Waals surface area (Å²) in [4.78, 5) is 0. The summed E-state index contributed by atoms with van der Waals surface area (Å²) in [5.41, 5.74) is 1.41. The Morgan fingerprint density at radius 2 is 1.82 bits per heavy atom. The maximum Gasteiger partial charge on any atom is 0.114 e. The van der Waals surface area contributed by atoms with Crippen molar-refractivity contribution in [2.24, 2.45) is 0 Å². The van der Waals surface area contributed by atoms with Gasteiger partial charge >= 0.3 is 0 Å². The summed E-state index contributed by atoms with van der Waals surface area (Å²) in [5.74, 6) is 0. The van der Waals surface area contributed by atoms with Crippen LogP contribution in [0.15, 0.2) is 42.0 Å². The Hall–Kier alpha value is -1.20. The molecule has 1 unspecified atom stereocenters. The number of aliphatic hydroxyl groups excluding tert-OH is 3. The van der Waals surface area contributed by atoms with E-state index in [1.165, 1.54) is 0 Å². The van der Waals surface area contributed by atoms with Crippen LogP contribution < -0.4 is 0 Å². The van der Waals surface area contributed by atoms with Crippen molar-refractivity contribution >= 4 is 0 Å². The Morgan fingerprint density at radius 1 is 1.12 bits per heavy atom. The number of ether oxygens (including phenoxy) is 1. The summed E-state index contributed by atoms with van der Waals surface area (Å²) in [7, 11) is 0. The molecule has 0 aromatic heterocycles. The molecule has 4 nitrogen and oxygen atoms in total. The topological polar surface area (TPSA) is 69.9 Å². The Morgan fingerprint density at radius 3 is 2.41 bits per heavy atom. The number of benzene rings is 1. The molecule has 0 heterocycles. The third-order valence-electron chi connectivity index (χ3n) is 2.89. The van der Waals surface area contributed by atoms with E-state index >= 15 is 0 Å². The molecule has 4 heteroatoms. The van der Waals surface area contributed by atoms with Crippen LogP contribution in [-0.2, 0) is 11.3 Å². The molecule has 1 aromatic rings. The second-order valence-corrected chi connectivity index (χ2v) is 4.10. The molecule has 1 aliphatic rings. The largest absolute Gasteiger partial charge is 0.392 e. The fourth-order valence-electron chi connectivity index (χ4n) is 1.87. The average Bonchev–Trinajstić information content (AvgIpc) is 2.65. The molecule has 3 N–H and O–H groups in total. The van der Waals surface area contributed by atoms with Gasteiger partial charge in [-0.25, -0.2) is 0 Å². The summed E-state index contributed by atoms with van der Waals surface area (Å²) >= 11 is 0. The summed E-state index contributed by atoms with van der Waals surface area (Å²) < 4.78 is 5.51. The summed E-state index contributed by atoms with van der Waals surface area (Å²) in [5, 5.41) is 28.2. The minimum absolute atomic E-state index is 0.260. The van der Waals surface area contributed by atoms with E-state index in [1.807, 2.05) is 30.3 Å². The minimum atomic E-state index is -1.03. The van der Waals surface area contributed by atoms with E-state index in [0.717, 1.165) is 5.56 Å². The molecule has 92 valence electrons. The zero-order valence-electron chi connectivity index (χ0n) is 9.36. The predicted octanol–water partition coefficient (Wildman–Crippen LogP) is 0.226. The normalized spacial score (nSPS) is 28.2. The lowest BCUT2D eigenvalue weighted by Crippen LogP contribution is -2.33. The first-order valence-corrected chi connectivity index (χ1v) is 5.55. The Kier molecular flexibility index (Phi) is 3.91. The van der Waals surface area contributed by atoms with Crippen molar-refractivity contribution in [3.05, 3.63) is 47.5 Å². The quantitative estimate of drug-likeness (QED) is 0.654. The van der Waals surface area contributed by atoms with Gasteiger partial charge in [-0.2, -0.15) is 0 Å². The molecule has 0 saturated heterocycles. The summed E-state index contributed by atoms with van der Waals surface area (Å²) in [6, 6.07) is 9.59. The first-order chi connectivity index (χ1) is 8.22. The van der Waals surface area contributed by atoms with E-state index < -0.39 is 18.3 Å². The van der Waals surface area contributed by atoms with Crippen molar-refractivity contribution in [2.45, 2.75) is 24.9 Å². The van der Waals surface area contributed by atoms with Crippen LogP contribution in [0.3, 0.4) is 0 Å². The molecule has 0 aliphatic heterocycles. The first-order valence-electron chi connectivity index (χ1n) is 5.55. The van der Waals surface area contributed by atoms with Crippen LogP contribution in [-0.4, -0.2) is 40.2 Å². The Labute approximate surface area is 99.8 Å². The molecule has 17 heavy (non-hydrogen) atoms. The van der Waals surface area contributed by atoms with E-state index in [1.54, 1.807) is 6.08 Å². The van der Waals surface area contributed by atoms with Gasteiger partial charge in [0.05, 0.1) is 13.2 Å². The van der Waals surface area contributed by atoms with Crippen LogP contribution in [0.5, 0.6) is 0 Å². The fraction of sp³-hybridized carbons (Fsp3) is 0.385. The highest BCUT2D eigenvalue weighted by Crippen LogP contribution is 2.23. The van der Waals surface area contributed by atoms with Crippen molar-refractivity contribution in [1.82, 2.24) is 0 Å². The third-order valence-corrected chi connectivity index (χ3v) is 2.89. The Bertz CT molecular complexity index is 388. The molecular weight excluding hydrogens is 220 g/mol. The molecular formula is C13H16O4. The molecule has 0 amide bonds. The van der Waals surface area contributed by atoms with Gasteiger partial charge in [0.1, 0.15) is 18.3 Å². The molecule has 3 atom stereocenters. The fourth-order valence-corrected chi connectivity index (χ4v) is 1.87. The van der Waals surface area contributed by atoms with Crippen molar-refractivity contribution in [1.29, 1.82) is 0 Å². The van der Waals surface area contributed by atoms with Crippen molar-refractivity contribution in [3.8, 4) is 0 Å². The molecule has 0 radical (unpaired) electrons. The third kappa shape index (κ3) is 2.73. The molecule has 2 rings (SSSR count). The van der Waals surface area contributed by atoms with Crippen molar-refractivity contribution in [2.75, 3.05) is 6.61 Å². The lowest BCUT2D eigenvalue weighted by Gasteiger charge is -2.17. The van der Waals surface area contributed by atoms with E-state index in [9.17, 15) is 10.2 Å². The van der Waals surface area contributed by atoms with Crippen LogP contribution in [0.1, 0.15) is 5.56 Å².